The van der Waals surface area contributed by atoms with Crippen LogP contribution in [0.25, 0.3) is 5.69 Å². The molecule has 0 unspecified atom stereocenters. The van der Waals surface area contributed by atoms with Crippen molar-refractivity contribution >= 4 is 24.0 Å². The smallest absolute Gasteiger partial charge is 0.276 e. The van der Waals surface area contributed by atoms with Gasteiger partial charge in [0.25, 0.3) is 11.5 Å². The third-order valence-corrected chi connectivity index (χ3v) is 2.76. The second-order valence-electron chi connectivity index (χ2n) is 4.32. The topological polar surface area (TPSA) is 101 Å². The number of nitrogens with one attached hydrogen (secondary N) is 2. The van der Waals surface area contributed by atoms with E-state index in [-0.39, 0.29) is 16.9 Å². The number of nitrogens with zero attached hydrogens (tertiary/aromatic N) is 4. The fourth-order valence-corrected chi connectivity index (χ4v) is 1.77. The van der Waals surface area contributed by atoms with Crippen LogP contribution in [0.2, 0.25) is 0 Å². The van der Waals surface area contributed by atoms with E-state index in [4.69, 9.17) is 0 Å². The quantitative estimate of drug-likeness (QED) is 0.643. The Bertz CT molecular complexity index is 795. The van der Waals surface area contributed by atoms with Crippen LogP contribution in [-0.2, 0) is 0 Å². The van der Waals surface area contributed by atoms with Gasteiger partial charge in [0.05, 0.1) is 11.4 Å². The molecular formula is C15H16N6O2. The molecule has 0 fully saturated rings. The van der Waals surface area contributed by atoms with E-state index in [1.54, 1.807) is 38.1 Å². The molecule has 1 amide bonds. The van der Waals surface area contributed by atoms with Gasteiger partial charge in [0.2, 0.25) is 0 Å². The highest BCUT2D eigenvalue weighted by molar-refractivity contribution is 5.97. The van der Waals surface area contributed by atoms with E-state index < -0.39 is 5.91 Å². The molecule has 0 saturated heterocycles. The van der Waals surface area contributed by atoms with Gasteiger partial charge < -0.3 is 0 Å². The average Bonchev–Trinajstić information content (AvgIpc) is 2.58. The van der Waals surface area contributed by atoms with Crippen LogP contribution in [0.15, 0.2) is 51.4 Å². The van der Waals surface area contributed by atoms with Crippen molar-refractivity contribution in [3.05, 3.63) is 52.4 Å². The minimum Gasteiger partial charge on any atom is -0.276 e. The summed E-state index contributed by atoms with van der Waals surface area (Å²) in [5.74, 6) is -0.554. The van der Waals surface area contributed by atoms with Gasteiger partial charge in [-0.05, 0) is 26.0 Å². The summed E-state index contributed by atoms with van der Waals surface area (Å²) in [6.07, 6.45) is 2.93. The van der Waals surface area contributed by atoms with Crippen LogP contribution in [-0.4, -0.2) is 28.1 Å². The van der Waals surface area contributed by atoms with Crippen LogP contribution >= 0.6 is 0 Å². The van der Waals surface area contributed by atoms with Gasteiger partial charge in [-0.15, -0.1) is 0 Å². The minimum absolute atomic E-state index is 0.00431. The highest BCUT2D eigenvalue weighted by Crippen LogP contribution is 2.12. The van der Waals surface area contributed by atoms with Gasteiger partial charge in [-0.25, -0.2) is 5.43 Å². The number of amides is 1. The monoisotopic (exact) mass is 312 g/mol. The Labute approximate surface area is 132 Å². The van der Waals surface area contributed by atoms with Crippen LogP contribution in [0.4, 0.5) is 5.69 Å². The fraction of sp³-hybridized carbons (Fsp3) is 0.133. The van der Waals surface area contributed by atoms with E-state index in [2.05, 4.69) is 26.2 Å². The largest absolute Gasteiger partial charge is 0.294 e. The molecule has 2 rings (SSSR count). The van der Waals surface area contributed by atoms with Crippen molar-refractivity contribution in [2.45, 2.75) is 13.8 Å². The summed E-state index contributed by atoms with van der Waals surface area (Å²) in [6, 6.07) is 10.1. The van der Waals surface area contributed by atoms with Crippen molar-refractivity contribution in [3.63, 3.8) is 0 Å². The highest BCUT2D eigenvalue weighted by atomic mass is 16.2. The van der Waals surface area contributed by atoms with Gasteiger partial charge >= 0.3 is 0 Å². The lowest BCUT2D eigenvalue weighted by Crippen LogP contribution is -2.28. The third kappa shape index (κ3) is 3.88. The summed E-state index contributed by atoms with van der Waals surface area (Å²) in [5, 5.41) is 11.6. The van der Waals surface area contributed by atoms with Crippen molar-refractivity contribution in [1.29, 1.82) is 0 Å². The zero-order valence-electron chi connectivity index (χ0n) is 12.7. The first-order valence-corrected chi connectivity index (χ1v) is 6.89. The second kappa shape index (κ2) is 7.64. The average molecular weight is 312 g/mol. The van der Waals surface area contributed by atoms with Crippen molar-refractivity contribution in [1.82, 2.24) is 15.2 Å². The lowest BCUT2D eigenvalue weighted by atomic mass is 10.3. The molecule has 0 atom stereocenters. The summed E-state index contributed by atoms with van der Waals surface area (Å²) in [4.78, 5) is 24.4. The zero-order chi connectivity index (χ0) is 16.7. The molecule has 118 valence electrons. The van der Waals surface area contributed by atoms with E-state index in [1.807, 2.05) is 6.07 Å². The molecule has 1 aromatic carbocycles. The van der Waals surface area contributed by atoms with Gasteiger partial charge in [0, 0.05) is 18.5 Å². The van der Waals surface area contributed by atoms with E-state index in [1.165, 1.54) is 18.5 Å². The number of rotatable bonds is 5. The van der Waals surface area contributed by atoms with E-state index in [9.17, 15) is 9.59 Å². The minimum atomic E-state index is -0.554. The van der Waals surface area contributed by atoms with Crippen LogP contribution < -0.4 is 16.4 Å². The maximum Gasteiger partial charge on any atom is 0.294 e. The number of hydrazone groups is 2. The molecular weight excluding hydrogens is 296 g/mol. The number of anilines is 1. The van der Waals surface area contributed by atoms with Gasteiger partial charge in [-0.1, -0.05) is 18.2 Å². The molecule has 1 heterocycles. The van der Waals surface area contributed by atoms with Gasteiger partial charge in [-0.3, -0.25) is 15.0 Å². The predicted octanol–water partition coefficient (Wildman–Crippen LogP) is 1.39. The fourth-order valence-electron chi connectivity index (χ4n) is 1.77. The normalized spacial score (nSPS) is 11.0. The highest BCUT2D eigenvalue weighted by Gasteiger charge is 2.16. The Hall–Kier alpha value is -3.29. The zero-order valence-corrected chi connectivity index (χ0v) is 12.7. The molecule has 0 saturated carbocycles. The maximum atomic E-state index is 12.2. The number of carbonyl (C=O) groups is 1. The number of hydrogen-bond donors (Lipinski definition) is 2. The van der Waals surface area contributed by atoms with E-state index in [0.29, 0.717) is 5.69 Å². The molecule has 1 aromatic heterocycles. The number of para-hydroxylation sites is 1. The Balaban J connectivity index is 2.55. The summed E-state index contributed by atoms with van der Waals surface area (Å²) in [6.45, 7) is 3.37. The van der Waals surface area contributed by atoms with Crippen LogP contribution in [0.1, 0.15) is 24.3 Å². The van der Waals surface area contributed by atoms with Crippen molar-refractivity contribution in [2.75, 3.05) is 5.43 Å². The molecule has 8 nitrogen and oxygen atoms in total. The molecule has 2 aromatic rings. The van der Waals surface area contributed by atoms with Gasteiger partial charge in [-0.2, -0.15) is 20.0 Å². The lowest BCUT2D eigenvalue weighted by Gasteiger charge is -2.10. The first kappa shape index (κ1) is 16.1. The van der Waals surface area contributed by atoms with Crippen LogP contribution in [0.3, 0.4) is 0 Å². The maximum absolute atomic E-state index is 12.2. The van der Waals surface area contributed by atoms with Crippen molar-refractivity contribution < 1.29 is 4.79 Å². The third-order valence-electron chi connectivity index (χ3n) is 2.76. The molecule has 0 bridgehead atoms. The molecule has 23 heavy (non-hydrogen) atoms. The second-order valence-corrected chi connectivity index (χ2v) is 4.32. The molecule has 0 aliphatic heterocycles. The summed E-state index contributed by atoms with van der Waals surface area (Å²) >= 11 is 0. The number of benzene rings is 1. The van der Waals surface area contributed by atoms with Crippen molar-refractivity contribution in [3.8, 4) is 5.69 Å². The summed E-state index contributed by atoms with van der Waals surface area (Å²) < 4.78 is 1.14. The lowest BCUT2D eigenvalue weighted by molar-refractivity contribution is 0.0949. The van der Waals surface area contributed by atoms with Gasteiger partial charge in [0.1, 0.15) is 0 Å². The molecule has 0 aliphatic carbocycles. The van der Waals surface area contributed by atoms with Crippen molar-refractivity contribution in [2.24, 2.45) is 10.2 Å². The molecule has 2 N–H and O–H groups in total. The molecule has 0 aliphatic rings. The summed E-state index contributed by atoms with van der Waals surface area (Å²) in [7, 11) is 0. The SMILES string of the molecule is C/C=N/NC(=O)c1nn(-c2ccccc2)c(=O)cc1N/N=C/C. The summed E-state index contributed by atoms with van der Waals surface area (Å²) in [5.41, 5.74) is 5.31. The number of aromatic nitrogens is 2. The Kier molecular flexibility index (Phi) is 5.35. The number of carbonyl (C=O) groups excluding carboxylic acids is 1. The van der Waals surface area contributed by atoms with E-state index in [0.717, 1.165) is 4.68 Å². The van der Waals surface area contributed by atoms with Crippen LogP contribution in [0, 0.1) is 0 Å². The van der Waals surface area contributed by atoms with Crippen LogP contribution in [0.5, 0.6) is 0 Å². The first-order valence-electron chi connectivity index (χ1n) is 6.89. The number of hydrogen-bond acceptors (Lipinski definition) is 6. The first-order chi connectivity index (χ1) is 11.2. The Morgan fingerprint density at radius 2 is 1.87 bits per heavy atom. The Morgan fingerprint density at radius 1 is 1.17 bits per heavy atom. The standard InChI is InChI=1S/C15H16N6O2/c1-3-16-18-12-10-13(22)21(11-8-6-5-7-9-11)20-14(12)15(23)19-17-4-2/h3-10,18H,1-2H3,(H,19,23)/b16-3+,17-4+. The molecule has 0 spiro atoms. The Morgan fingerprint density at radius 3 is 2.52 bits per heavy atom. The van der Waals surface area contributed by atoms with E-state index >= 15 is 0 Å². The predicted molar refractivity (Wildman–Crippen MR) is 89.3 cm³/mol. The van der Waals surface area contributed by atoms with Gasteiger partial charge in [0.15, 0.2) is 5.69 Å². The molecule has 8 heteroatoms. The molecule has 0 radical (unpaired) electrons.